The Morgan fingerprint density at radius 1 is 1.10 bits per heavy atom. The molecule has 1 amide bonds. The Morgan fingerprint density at radius 3 is 2.67 bits per heavy atom. The van der Waals surface area contributed by atoms with Crippen molar-refractivity contribution in [1.29, 1.82) is 0 Å². The zero-order chi connectivity index (χ0) is 20.7. The van der Waals surface area contributed by atoms with Crippen molar-refractivity contribution in [1.82, 2.24) is 10.3 Å². The molecule has 0 bridgehead atoms. The Bertz CT molecular complexity index is 1100. The normalized spacial score (nSPS) is 22.8. The van der Waals surface area contributed by atoms with Gasteiger partial charge in [-0.05, 0) is 68.7 Å². The van der Waals surface area contributed by atoms with Gasteiger partial charge in [0.05, 0.1) is 21.0 Å². The third-order valence-corrected chi connectivity index (χ3v) is 7.68. The molecule has 8 heteroatoms. The first-order valence-corrected chi connectivity index (χ1v) is 12.3. The van der Waals surface area contributed by atoms with Crippen LogP contribution in [0.3, 0.4) is 0 Å². The van der Waals surface area contributed by atoms with E-state index in [4.69, 9.17) is 8.83 Å². The average molecular weight is 440 g/mol. The van der Waals surface area contributed by atoms with E-state index in [0.717, 1.165) is 60.7 Å². The van der Waals surface area contributed by atoms with Crippen molar-refractivity contribution in [3.63, 3.8) is 0 Å². The molecule has 2 saturated carbocycles. The highest BCUT2D eigenvalue weighted by molar-refractivity contribution is 7.84. The summed E-state index contributed by atoms with van der Waals surface area (Å²) in [6.45, 7) is 0. The summed E-state index contributed by atoms with van der Waals surface area (Å²) in [6.07, 6.45) is 5.83. The van der Waals surface area contributed by atoms with E-state index in [2.05, 4.69) is 20.5 Å². The van der Waals surface area contributed by atoms with E-state index in [-0.39, 0.29) is 23.6 Å². The molecule has 3 aromatic rings. The molecule has 2 fully saturated rings. The first kappa shape index (κ1) is 19.8. The maximum atomic E-state index is 12.5. The number of furan rings is 1. The summed E-state index contributed by atoms with van der Waals surface area (Å²) in [7, 11) is 2.36. The van der Waals surface area contributed by atoms with Crippen LogP contribution < -0.4 is 10.5 Å². The summed E-state index contributed by atoms with van der Waals surface area (Å²) in [4.78, 5) is 17.2. The highest BCUT2D eigenvalue weighted by atomic mass is 32.2. The Kier molecular flexibility index (Phi) is 5.37. The Labute approximate surface area is 180 Å². The van der Waals surface area contributed by atoms with Gasteiger partial charge in [0, 0.05) is 17.7 Å². The first-order valence-electron chi connectivity index (χ1n) is 10.5. The van der Waals surface area contributed by atoms with E-state index < -0.39 is 10.8 Å². The van der Waals surface area contributed by atoms with Crippen molar-refractivity contribution in [2.45, 2.75) is 55.6 Å². The lowest BCUT2D eigenvalue weighted by Gasteiger charge is -2.27. The van der Waals surface area contributed by atoms with Gasteiger partial charge in [-0.15, -0.1) is 0 Å². The Balaban J connectivity index is 1.16. The average Bonchev–Trinajstić information content (AvgIpc) is 3.25. The van der Waals surface area contributed by atoms with Gasteiger partial charge in [-0.2, -0.15) is 0 Å². The number of amides is 1. The molecule has 30 heavy (non-hydrogen) atoms. The summed E-state index contributed by atoms with van der Waals surface area (Å²) in [5.41, 5.74) is 1.66. The van der Waals surface area contributed by atoms with Crippen molar-refractivity contribution in [2.24, 2.45) is 5.92 Å². The molecule has 0 aliphatic heterocycles. The van der Waals surface area contributed by atoms with Crippen molar-refractivity contribution in [2.75, 3.05) is 5.75 Å². The van der Waals surface area contributed by atoms with E-state index in [1.807, 2.05) is 18.2 Å². The molecule has 1 aromatic carbocycles. The second kappa shape index (κ2) is 8.15. The number of hydrogen-bond donors (Lipinski definition) is 1. The summed E-state index contributed by atoms with van der Waals surface area (Å²) in [5, 5.41) is 4.44. The van der Waals surface area contributed by atoms with Crippen LogP contribution in [-0.4, -0.2) is 37.1 Å². The van der Waals surface area contributed by atoms with Gasteiger partial charge in [-0.3, -0.25) is 9.00 Å². The zero-order valence-corrected chi connectivity index (χ0v) is 18.4. The number of benzene rings is 1. The molecule has 6 nitrogen and oxygen atoms in total. The van der Waals surface area contributed by atoms with Crippen LogP contribution in [0.5, 0.6) is 0 Å². The van der Waals surface area contributed by atoms with Gasteiger partial charge >= 0.3 is 0 Å². The van der Waals surface area contributed by atoms with Crippen LogP contribution in [0.1, 0.15) is 60.9 Å². The van der Waals surface area contributed by atoms with Crippen LogP contribution in [0.25, 0.3) is 11.1 Å². The number of oxazole rings is 1. The Morgan fingerprint density at radius 2 is 1.90 bits per heavy atom. The third-order valence-electron chi connectivity index (χ3n) is 5.93. The summed E-state index contributed by atoms with van der Waals surface area (Å²) < 4.78 is 23.8. The highest BCUT2D eigenvalue weighted by Crippen LogP contribution is 2.34. The molecule has 1 unspecified atom stereocenters. The number of hydrogen-bond acceptors (Lipinski definition) is 5. The van der Waals surface area contributed by atoms with Gasteiger partial charge in [0.25, 0.3) is 5.91 Å². The predicted octanol–water partition coefficient (Wildman–Crippen LogP) is 3.19. The molecule has 2 heterocycles. The maximum Gasteiger partial charge on any atom is 0.287 e. The molecule has 2 aliphatic rings. The van der Waals surface area contributed by atoms with E-state index in [9.17, 15) is 9.00 Å². The van der Waals surface area contributed by atoms with Crippen LogP contribution in [-0.2, 0) is 10.8 Å². The van der Waals surface area contributed by atoms with Gasteiger partial charge in [0.1, 0.15) is 5.52 Å². The molecule has 1 atom stereocenters. The van der Waals surface area contributed by atoms with Crippen LogP contribution in [0, 0.1) is 5.92 Å². The number of aromatic nitrogens is 1. The lowest BCUT2D eigenvalue weighted by atomic mass is 9.86. The fraction of sp³-hybridized carbons (Fsp3) is 0.455. The molecular weight excluding hydrogens is 416 g/mol. The zero-order valence-electron chi connectivity index (χ0n) is 16.6. The molecule has 2 aliphatic carbocycles. The number of carbonyl (C=O) groups is 1. The predicted molar refractivity (Wildman–Crippen MR) is 115 cm³/mol. The summed E-state index contributed by atoms with van der Waals surface area (Å²) >= 11 is 0. The topological polar surface area (TPSA) is 85.3 Å². The fourth-order valence-corrected chi connectivity index (χ4v) is 5.55. The van der Waals surface area contributed by atoms with Gasteiger partial charge < -0.3 is 14.2 Å². The second-order valence-electron chi connectivity index (χ2n) is 8.33. The van der Waals surface area contributed by atoms with Crippen LogP contribution in [0.2, 0.25) is 0 Å². The lowest BCUT2D eigenvalue weighted by molar-refractivity contribution is 0.0891. The minimum Gasteiger partial charge on any atom is -0.442 e. The van der Waals surface area contributed by atoms with Gasteiger partial charge in [-0.1, -0.05) is 11.3 Å². The van der Waals surface area contributed by atoms with Crippen molar-refractivity contribution < 1.29 is 17.8 Å². The summed E-state index contributed by atoms with van der Waals surface area (Å²) in [5.74, 6) is 2.22. The standard InChI is InChI=1S/C22H23N2O4SSi/c25-21(19-9-10-20(27-19)29(26)12-13-1-2-13)23-15-5-3-14(4-6-15)22-24-17-11-16(30)7-8-18(17)28-22/h7-11,13-15H,1-6,12H2,(H,23,25). The van der Waals surface area contributed by atoms with Crippen molar-refractivity contribution in [3.05, 3.63) is 42.0 Å². The van der Waals surface area contributed by atoms with Gasteiger partial charge in [0.2, 0.25) is 0 Å². The van der Waals surface area contributed by atoms with Crippen molar-refractivity contribution in [3.8, 4) is 0 Å². The number of fused-ring (bicyclic) bond motifs is 1. The van der Waals surface area contributed by atoms with E-state index >= 15 is 0 Å². The van der Waals surface area contributed by atoms with Crippen LogP contribution in [0.15, 0.2) is 44.3 Å². The minimum absolute atomic E-state index is 0.0949. The Hall–Kier alpha value is -2.19. The SMILES string of the molecule is O=C(NC1CCC(c2nc3cc([Si])ccc3o2)CC1)c1ccc(S(=O)CC2CC2)o1. The molecule has 155 valence electrons. The van der Waals surface area contributed by atoms with Crippen LogP contribution in [0.4, 0.5) is 0 Å². The third kappa shape index (κ3) is 4.30. The van der Waals surface area contributed by atoms with Gasteiger partial charge in [0.15, 0.2) is 22.3 Å². The molecule has 0 spiro atoms. The molecule has 3 radical (unpaired) electrons. The largest absolute Gasteiger partial charge is 0.442 e. The summed E-state index contributed by atoms with van der Waals surface area (Å²) in [6, 6.07) is 9.21. The molecule has 1 N–H and O–H groups in total. The smallest absolute Gasteiger partial charge is 0.287 e. The molecular formula is C22H23N2O4SSi. The molecule has 2 aromatic heterocycles. The van der Waals surface area contributed by atoms with Crippen LogP contribution >= 0.6 is 0 Å². The highest BCUT2D eigenvalue weighted by Gasteiger charge is 2.29. The van der Waals surface area contributed by atoms with E-state index in [1.54, 1.807) is 12.1 Å². The number of nitrogens with one attached hydrogen (secondary N) is 1. The van der Waals surface area contributed by atoms with Crippen molar-refractivity contribution >= 4 is 43.2 Å². The lowest BCUT2D eigenvalue weighted by Crippen LogP contribution is -2.37. The minimum atomic E-state index is -1.15. The number of nitrogens with zero attached hydrogens (tertiary/aromatic N) is 1. The first-order chi connectivity index (χ1) is 14.5. The molecule has 5 rings (SSSR count). The second-order valence-corrected chi connectivity index (χ2v) is 10.3. The quantitative estimate of drug-likeness (QED) is 0.596. The number of rotatable bonds is 6. The number of carbonyl (C=O) groups excluding carboxylic acids is 1. The molecule has 0 saturated heterocycles. The van der Waals surface area contributed by atoms with Gasteiger partial charge in [-0.25, -0.2) is 4.98 Å². The van der Waals surface area contributed by atoms with E-state index in [1.165, 1.54) is 0 Å². The monoisotopic (exact) mass is 439 g/mol. The fourth-order valence-electron chi connectivity index (χ4n) is 4.01. The van der Waals surface area contributed by atoms with E-state index in [0.29, 0.717) is 16.8 Å². The maximum absolute atomic E-state index is 12.5.